The van der Waals surface area contributed by atoms with Gasteiger partial charge in [-0.3, -0.25) is 14.4 Å². The Kier molecular flexibility index (Phi) is 4.67. The molecule has 0 aliphatic carbocycles. The molecule has 1 radical (unpaired) electrons. The van der Waals surface area contributed by atoms with Crippen LogP contribution in [0.5, 0.6) is 0 Å². The third-order valence-corrected chi connectivity index (χ3v) is 1.24. The van der Waals surface area contributed by atoms with E-state index in [4.69, 9.17) is 5.11 Å². The standard InChI is InChI=1S/C7H10NO4/c1-8(5-7(11)12)6(10)3-2-4-9/h2-3,5H2,1H3,(H,11,12). The van der Waals surface area contributed by atoms with Crippen LogP contribution in [0.15, 0.2) is 0 Å². The van der Waals surface area contributed by atoms with E-state index in [-0.39, 0.29) is 25.3 Å². The second-order valence-corrected chi connectivity index (χ2v) is 2.29. The maximum absolute atomic E-state index is 10.9. The first-order chi connectivity index (χ1) is 5.57. The van der Waals surface area contributed by atoms with E-state index in [1.165, 1.54) is 7.05 Å². The van der Waals surface area contributed by atoms with Gasteiger partial charge in [0.2, 0.25) is 5.91 Å². The van der Waals surface area contributed by atoms with E-state index in [2.05, 4.69) is 0 Å². The number of rotatable bonds is 5. The molecule has 5 heteroatoms. The molecule has 0 aromatic heterocycles. The smallest absolute Gasteiger partial charge is 0.323 e. The van der Waals surface area contributed by atoms with Crippen molar-refractivity contribution in [1.29, 1.82) is 0 Å². The monoisotopic (exact) mass is 172 g/mol. The van der Waals surface area contributed by atoms with Crippen LogP contribution in [0.4, 0.5) is 0 Å². The maximum Gasteiger partial charge on any atom is 0.323 e. The first-order valence-corrected chi connectivity index (χ1v) is 3.38. The Labute approximate surface area is 70.0 Å². The van der Waals surface area contributed by atoms with Crippen LogP contribution in [0.2, 0.25) is 0 Å². The van der Waals surface area contributed by atoms with Crippen molar-refractivity contribution in [3.8, 4) is 0 Å². The molecule has 0 unspecified atom stereocenters. The number of likely N-dealkylation sites (N-methyl/N-ethyl adjacent to an activating group) is 1. The van der Waals surface area contributed by atoms with E-state index in [0.717, 1.165) is 4.90 Å². The number of carbonyl (C=O) groups excluding carboxylic acids is 2. The Morgan fingerprint density at radius 3 is 2.50 bits per heavy atom. The molecule has 0 spiro atoms. The lowest BCUT2D eigenvalue weighted by Gasteiger charge is -2.12. The highest BCUT2D eigenvalue weighted by Gasteiger charge is 2.10. The summed E-state index contributed by atoms with van der Waals surface area (Å²) in [4.78, 5) is 31.8. The average Bonchev–Trinajstić information content (AvgIpc) is 1.98. The van der Waals surface area contributed by atoms with Gasteiger partial charge in [-0.05, 0) is 0 Å². The molecule has 0 aliphatic heterocycles. The zero-order chi connectivity index (χ0) is 9.56. The minimum absolute atomic E-state index is 0.0167. The summed E-state index contributed by atoms with van der Waals surface area (Å²) >= 11 is 0. The van der Waals surface area contributed by atoms with Crippen LogP contribution in [0.1, 0.15) is 12.8 Å². The molecule has 0 aliphatic rings. The summed E-state index contributed by atoms with van der Waals surface area (Å²) in [5.41, 5.74) is 0. The minimum atomic E-state index is -1.07. The molecule has 0 atom stereocenters. The summed E-state index contributed by atoms with van der Waals surface area (Å²) in [6.45, 7) is -0.336. The average molecular weight is 172 g/mol. The van der Waals surface area contributed by atoms with E-state index in [1.54, 1.807) is 6.29 Å². The molecule has 0 heterocycles. The summed E-state index contributed by atoms with van der Waals surface area (Å²) in [7, 11) is 1.38. The molecule has 1 amide bonds. The van der Waals surface area contributed by atoms with Crippen LogP contribution in [0, 0.1) is 0 Å². The fraction of sp³-hybridized carbons (Fsp3) is 0.571. The number of carbonyl (C=O) groups is 2. The summed E-state index contributed by atoms with van der Waals surface area (Å²) in [5.74, 6) is -1.43. The van der Waals surface area contributed by atoms with Crippen molar-refractivity contribution in [3.63, 3.8) is 0 Å². The van der Waals surface area contributed by atoms with Gasteiger partial charge in [0.1, 0.15) is 6.54 Å². The summed E-state index contributed by atoms with van der Waals surface area (Å²) in [6, 6.07) is 0. The predicted molar refractivity (Wildman–Crippen MR) is 40.2 cm³/mol. The van der Waals surface area contributed by atoms with Crippen molar-refractivity contribution >= 4 is 18.2 Å². The lowest BCUT2D eigenvalue weighted by atomic mass is 10.3. The van der Waals surface area contributed by atoms with Gasteiger partial charge in [0, 0.05) is 19.9 Å². The molecule has 0 bridgehead atoms. The van der Waals surface area contributed by atoms with Crippen molar-refractivity contribution in [1.82, 2.24) is 4.90 Å². The van der Waals surface area contributed by atoms with E-state index in [9.17, 15) is 14.4 Å². The second-order valence-electron chi connectivity index (χ2n) is 2.29. The summed E-state index contributed by atoms with van der Waals surface area (Å²) in [5, 5.41) is 8.29. The number of aliphatic carboxylic acids is 1. The van der Waals surface area contributed by atoms with E-state index >= 15 is 0 Å². The van der Waals surface area contributed by atoms with Crippen LogP contribution >= 0.6 is 0 Å². The Balaban J connectivity index is 3.76. The Morgan fingerprint density at radius 1 is 1.50 bits per heavy atom. The van der Waals surface area contributed by atoms with Crippen molar-refractivity contribution in [2.45, 2.75) is 12.8 Å². The molecule has 5 nitrogen and oxygen atoms in total. The molecule has 0 aromatic carbocycles. The predicted octanol–water partition coefficient (Wildman–Crippen LogP) is -0.581. The highest BCUT2D eigenvalue weighted by atomic mass is 16.4. The third-order valence-electron chi connectivity index (χ3n) is 1.24. The topological polar surface area (TPSA) is 74.7 Å². The van der Waals surface area contributed by atoms with Crippen molar-refractivity contribution in [2.75, 3.05) is 13.6 Å². The molecule has 12 heavy (non-hydrogen) atoms. The van der Waals surface area contributed by atoms with Crippen LogP contribution in [-0.4, -0.2) is 41.8 Å². The number of hydrogen-bond acceptors (Lipinski definition) is 3. The SMILES string of the molecule is CN(CC(=O)O)C(=O)CC[C]=O. The molecular formula is C7H10NO4. The normalized spacial score (nSPS) is 9.08. The lowest BCUT2D eigenvalue weighted by Crippen LogP contribution is -2.31. The number of carboxylic acids is 1. The highest BCUT2D eigenvalue weighted by molar-refractivity contribution is 5.82. The maximum atomic E-state index is 10.9. The van der Waals surface area contributed by atoms with Gasteiger partial charge in [0.05, 0.1) is 0 Å². The Bertz CT molecular complexity index is 190. The molecule has 0 saturated carbocycles. The van der Waals surface area contributed by atoms with Gasteiger partial charge >= 0.3 is 5.97 Å². The number of carboxylic acid groups (broad SMARTS) is 1. The zero-order valence-electron chi connectivity index (χ0n) is 6.74. The number of amides is 1. The highest BCUT2D eigenvalue weighted by Crippen LogP contribution is 1.92. The van der Waals surface area contributed by atoms with Gasteiger partial charge in [-0.2, -0.15) is 0 Å². The second kappa shape index (κ2) is 5.29. The van der Waals surface area contributed by atoms with Gasteiger partial charge in [-0.1, -0.05) is 0 Å². The molecule has 0 rings (SSSR count). The Morgan fingerprint density at radius 2 is 2.08 bits per heavy atom. The largest absolute Gasteiger partial charge is 0.480 e. The molecule has 1 N–H and O–H groups in total. The van der Waals surface area contributed by atoms with Crippen molar-refractivity contribution in [2.24, 2.45) is 0 Å². The van der Waals surface area contributed by atoms with E-state index in [0.29, 0.717) is 0 Å². The van der Waals surface area contributed by atoms with E-state index < -0.39 is 5.97 Å². The van der Waals surface area contributed by atoms with E-state index in [1.807, 2.05) is 0 Å². The summed E-state index contributed by atoms with van der Waals surface area (Å²) in [6.07, 6.45) is 1.60. The fourth-order valence-corrected chi connectivity index (χ4v) is 0.640. The van der Waals surface area contributed by atoms with Crippen LogP contribution < -0.4 is 0 Å². The first-order valence-electron chi connectivity index (χ1n) is 3.38. The van der Waals surface area contributed by atoms with Crippen LogP contribution in [0.3, 0.4) is 0 Å². The minimum Gasteiger partial charge on any atom is -0.480 e. The molecule has 0 aromatic rings. The molecule has 0 saturated heterocycles. The summed E-state index contributed by atoms with van der Waals surface area (Å²) < 4.78 is 0. The van der Waals surface area contributed by atoms with Gasteiger partial charge in [0.15, 0.2) is 6.29 Å². The quantitative estimate of drug-likeness (QED) is 0.602. The Hall–Kier alpha value is -1.39. The zero-order valence-corrected chi connectivity index (χ0v) is 6.74. The number of nitrogens with zero attached hydrogens (tertiary/aromatic N) is 1. The van der Waals surface area contributed by atoms with Crippen LogP contribution in [-0.2, 0) is 14.4 Å². The van der Waals surface area contributed by atoms with Gasteiger partial charge < -0.3 is 10.0 Å². The molecule has 0 fully saturated rings. The van der Waals surface area contributed by atoms with Crippen molar-refractivity contribution in [3.05, 3.63) is 0 Å². The lowest BCUT2D eigenvalue weighted by molar-refractivity contribution is -0.143. The van der Waals surface area contributed by atoms with Gasteiger partial charge in [-0.15, -0.1) is 0 Å². The molecule has 67 valence electrons. The molecular weight excluding hydrogens is 162 g/mol. The first kappa shape index (κ1) is 10.6. The van der Waals surface area contributed by atoms with Crippen LogP contribution in [0.25, 0.3) is 0 Å². The van der Waals surface area contributed by atoms with Crippen molar-refractivity contribution < 1.29 is 19.5 Å². The fourth-order valence-electron chi connectivity index (χ4n) is 0.640. The number of hydrogen-bond donors (Lipinski definition) is 1. The van der Waals surface area contributed by atoms with Gasteiger partial charge in [-0.25, -0.2) is 0 Å². The third kappa shape index (κ3) is 4.43. The van der Waals surface area contributed by atoms with Gasteiger partial charge in [0.25, 0.3) is 0 Å².